The molecule has 1 amide bonds. The SMILES string of the molecule is Cc1ccc(NC(=O)c2cc3cc(Cl)ccc3o/c2=N\c2sc3c(c2C#N)CCCC3)cc1. The molecule has 0 atom stereocenters. The number of carbonyl (C=O) groups excluding carboxylic acids is 1. The highest BCUT2D eigenvalue weighted by atomic mass is 35.5. The molecule has 2 aromatic heterocycles. The highest BCUT2D eigenvalue weighted by Gasteiger charge is 2.21. The molecule has 1 aliphatic carbocycles. The summed E-state index contributed by atoms with van der Waals surface area (Å²) < 4.78 is 6.07. The minimum Gasteiger partial charge on any atom is -0.437 e. The first-order valence-corrected chi connectivity index (χ1v) is 11.9. The summed E-state index contributed by atoms with van der Waals surface area (Å²) in [5, 5.41) is 14.6. The molecule has 164 valence electrons. The summed E-state index contributed by atoms with van der Waals surface area (Å²) >= 11 is 7.68. The summed E-state index contributed by atoms with van der Waals surface area (Å²) in [7, 11) is 0. The maximum absolute atomic E-state index is 13.3. The molecule has 33 heavy (non-hydrogen) atoms. The summed E-state index contributed by atoms with van der Waals surface area (Å²) in [5.74, 6) is -0.344. The smallest absolute Gasteiger partial charge is 0.261 e. The van der Waals surface area contributed by atoms with Crippen LogP contribution in [0, 0.1) is 18.3 Å². The topological polar surface area (TPSA) is 78.4 Å². The van der Waals surface area contributed by atoms with Crippen LogP contribution in [0.4, 0.5) is 10.7 Å². The van der Waals surface area contributed by atoms with Crippen LogP contribution in [0.1, 0.15) is 44.8 Å². The zero-order chi connectivity index (χ0) is 22.9. The summed E-state index contributed by atoms with van der Waals surface area (Å²) in [6.45, 7) is 1.99. The van der Waals surface area contributed by atoms with E-state index < -0.39 is 0 Å². The first-order valence-electron chi connectivity index (χ1n) is 10.7. The number of hydrogen-bond acceptors (Lipinski definition) is 5. The molecule has 0 unspecified atom stereocenters. The van der Waals surface area contributed by atoms with Gasteiger partial charge >= 0.3 is 0 Å². The molecule has 0 spiro atoms. The Bertz CT molecular complexity index is 1490. The average molecular weight is 474 g/mol. The molecule has 0 saturated heterocycles. The monoisotopic (exact) mass is 473 g/mol. The lowest BCUT2D eigenvalue weighted by Crippen LogP contribution is -2.21. The fraction of sp³-hybridized carbons (Fsp3) is 0.192. The van der Waals surface area contributed by atoms with Gasteiger partial charge in [-0.25, -0.2) is 4.99 Å². The van der Waals surface area contributed by atoms with E-state index in [1.54, 1.807) is 24.3 Å². The summed E-state index contributed by atoms with van der Waals surface area (Å²) in [6, 6.07) is 16.8. The van der Waals surface area contributed by atoms with Crippen molar-refractivity contribution < 1.29 is 9.21 Å². The van der Waals surface area contributed by atoms with E-state index in [1.807, 2.05) is 31.2 Å². The Morgan fingerprint density at radius 3 is 2.73 bits per heavy atom. The Morgan fingerprint density at radius 1 is 1.15 bits per heavy atom. The predicted octanol–water partition coefficient (Wildman–Crippen LogP) is 6.69. The lowest BCUT2D eigenvalue weighted by molar-refractivity contribution is 0.102. The maximum Gasteiger partial charge on any atom is 0.261 e. The predicted molar refractivity (Wildman–Crippen MR) is 131 cm³/mol. The van der Waals surface area contributed by atoms with E-state index in [0.717, 1.165) is 36.8 Å². The molecule has 0 aliphatic heterocycles. The maximum atomic E-state index is 13.3. The number of carbonyl (C=O) groups is 1. The van der Waals surface area contributed by atoms with Crippen LogP contribution in [-0.4, -0.2) is 5.91 Å². The van der Waals surface area contributed by atoms with Crippen LogP contribution in [0.3, 0.4) is 0 Å². The van der Waals surface area contributed by atoms with Gasteiger partial charge in [0, 0.05) is 21.0 Å². The molecule has 1 aliphatic rings. The Labute approximate surface area is 200 Å². The van der Waals surface area contributed by atoms with Gasteiger partial charge < -0.3 is 9.73 Å². The van der Waals surface area contributed by atoms with Crippen molar-refractivity contribution in [3.8, 4) is 6.07 Å². The van der Waals surface area contributed by atoms with Gasteiger partial charge in [0.15, 0.2) is 0 Å². The third-order valence-electron chi connectivity index (χ3n) is 5.73. The van der Waals surface area contributed by atoms with Gasteiger partial charge in [-0.2, -0.15) is 5.26 Å². The van der Waals surface area contributed by atoms with Gasteiger partial charge in [-0.05, 0) is 74.6 Å². The van der Waals surface area contributed by atoms with E-state index in [-0.39, 0.29) is 17.0 Å². The Kier molecular flexibility index (Phi) is 5.76. The number of nitrogens with one attached hydrogen (secondary N) is 1. The van der Waals surface area contributed by atoms with E-state index in [9.17, 15) is 10.1 Å². The van der Waals surface area contributed by atoms with Crippen molar-refractivity contribution in [1.29, 1.82) is 5.26 Å². The third kappa shape index (κ3) is 4.30. The molecule has 0 radical (unpaired) electrons. The first kappa shape index (κ1) is 21.4. The van der Waals surface area contributed by atoms with Crippen molar-refractivity contribution in [3.63, 3.8) is 0 Å². The quantitative estimate of drug-likeness (QED) is 0.360. The molecule has 1 N–H and O–H groups in total. The molecular formula is C26H20ClN3O2S. The Hall–Kier alpha value is -3.40. The number of fused-ring (bicyclic) bond motifs is 2. The number of anilines is 1. The van der Waals surface area contributed by atoms with Gasteiger partial charge in [-0.3, -0.25) is 4.79 Å². The molecular weight excluding hydrogens is 454 g/mol. The van der Waals surface area contributed by atoms with Crippen molar-refractivity contribution >= 4 is 50.5 Å². The Balaban J connectivity index is 1.67. The van der Waals surface area contributed by atoms with Gasteiger partial charge in [0.05, 0.1) is 5.56 Å². The second kappa shape index (κ2) is 8.86. The fourth-order valence-electron chi connectivity index (χ4n) is 4.02. The summed E-state index contributed by atoms with van der Waals surface area (Å²) in [6.07, 6.45) is 4.03. The van der Waals surface area contributed by atoms with E-state index in [2.05, 4.69) is 11.4 Å². The molecule has 0 saturated carbocycles. The number of thiophene rings is 1. The van der Waals surface area contributed by atoms with Crippen molar-refractivity contribution in [2.75, 3.05) is 5.32 Å². The molecule has 5 nitrogen and oxygen atoms in total. The molecule has 2 heterocycles. The molecule has 2 aromatic carbocycles. The first-order chi connectivity index (χ1) is 16.0. The number of rotatable bonds is 3. The number of hydrogen-bond donors (Lipinski definition) is 1. The van der Waals surface area contributed by atoms with E-state index >= 15 is 0 Å². The van der Waals surface area contributed by atoms with E-state index in [0.29, 0.717) is 32.2 Å². The normalized spacial score (nSPS) is 13.5. The minimum atomic E-state index is -0.344. The summed E-state index contributed by atoms with van der Waals surface area (Å²) in [5.41, 5.74) is 4.46. The number of halogens is 1. The lowest BCUT2D eigenvalue weighted by Gasteiger charge is -2.09. The van der Waals surface area contributed by atoms with Crippen molar-refractivity contribution in [3.05, 3.63) is 86.2 Å². The zero-order valence-electron chi connectivity index (χ0n) is 17.9. The molecule has 0 bridgehead atoms. The number of amides is 1. The molecule has 4 aromatic rings. The van der Waals surface area contributed by atoms with E-state index in [4.69, 9.17) is 21.0 Å². The van der Waals surface area contributed by atoms with Gasteiger partial charge in [0.2, 0.25) is 5.55 Å². The molecule has 7 heteroatoms. The van der Waals surface area contributed by atoms with Crippen LogP contribution in [0.25, 0.3) is 11.0 Å². The minimum absolute atomic E-state index is 0.171. The van der Waals surface area contributed by atoms with Gasteiger partial charge in [-0.1, -0.05) is 29.3 Å². The Morgan fingerprint density at radius 2 is 1.94 bits per heavy atom. The van der Waals surface area contributed by atoms with Crippen LogP contribution in [0.15, 0.2) is 57.9 Å². The molecule has 5 rings (SSSR count). The van der Waals surface area contributed by atoms with Crippen LogP contribution in [-0.2, 0) is 12.8 Å². The van der Waals surface area contributed by atoms with Crippen molar-refractivity contribution in [2.45, 2.75) is 32.6 Å². The van der Waals surface area contributed by atoms with Gasteiger partial charge in [0.1, 0.15) is 22.2 Å². The fourth-order valence-corrected chi connectivity index (χ4v) is 5.41. The van der Waals surface area contributed by atoms with Gasteiger partial charge in [0.25, 0.3) is 5.91 Å². The van der Waals surface area contributed by atoms with Crippen LogP contribution >= 0.6 is 22.9 Å². The summed E-state index contributed by atoms with van der Waals surface area (Å²) in [4.78, 5) is 19.2. The zero-order valence-corrected chi connectivity index (χ0v) is 19.5. The largest absolute Gasteiger partial charge is 0.437 e. The number of benzene rings is 2. The van der Waals surface area contributed by atoms with Gasteiger partial charge in [-0.15, -0.1) is 11.3 Å². The third-order valence-corrected chi connectivity index (χ3v) is 7.15. The number of aryl methyl sites for hydroxylation is 2. The standard InChI is InChI=1S/C26H20ClN3O2S/c1-15-6-9-18(10-7-15)29-24(31)20-13-16-12-17(27)8-11-22(16)32-25(20)30-26-21(14-28)19-4-2-3-5-23(19)33-26/h6-13H,2-5H2,1H3,(H,29,31)/b30-25-. The van der Waals surface area contributed by atoms with Crippen molar-refractivity contribution in [2.24, 2.45) is 4.99 Å². The number of nitriles is 1. The molecule has 0 fully saturated rings. The average Bonchev–Trinajstić information content (AvgIpc) is 3.17. The lowest BCUT2D eigenvalue weighted by atomic mass is 9.96. The van der Waals surface area contributed by atoms with E-state index in [1.165, 1.54) is 16.2 Å². The van der Waals surface area contributed by atoms with Crippen LogP contribution in [0.5, 0.6) is 0 Å². The number of nitrogens with zero attached hydrogens (tertiary/aromatic N) is 2. The van der Waals surface area contributed by atoms with Crippen LogP contribution < -0.4 is 10.9 Å². The second-order valence-corrected chi connectivity index (χ2v) is 9.60. The van der Waals surface area contributed by atoms with Crippen molar-refractivity contribution in [1.82, 2.24) is 0 Å². The highest BCUT2D eigenvalue weighted by molar-refractivity contribution is 7.16. The van der Waals surface area contributed by atoms with Crippen LogP contribution in [0.2, 0.25) is 5.02 Å². The second-order valence-electron chi connectivity index (χ2n) is 8.08. The highest BCUT2D eigenvalue weighted by Crippen LogP contribution is 2.39.